The number of piperazine rings is 1. The summed E-state index contributed by atoms with van der Waals surface area (Å²) < 4.78 is 1.82. The molecule has 0 saturated carbocycles. The second kappa shape index (κ2) is 9.40. The number of nitrogens with two attached hydrogens (primary N) is 1. The third kappa shape index (κ3) is 4.47. The van der Waals surface area contributed by atoms with E-state index < -0.39 is 0 Å². The van der Waals surface area contributed by atoms with Crippen LogP contribution in [0, 0.1) is 0 Å². The molecular formula is C26H25BrN6O. The van der Waals surface area contributed by atoms with Crippen LogP contribution in [0.5, 0.6) is 0 Å². The van der Waals surface area contributed by atoms with Crippen molar-refractivity contribution < 1.29 is 4.79 Å². The van der Waals surface area contributed by atoms with E-state index in [0.717, 1.165) is 53.9 Å². The second-order valence-electron chi connectivity index (χ2n) is 8.43. The molecule has 1 aliphatic rings. The maximum Gasteiger partial charge on any atom is 0.253 e. The molecule has 2 heterocycles. The van der Waals surface area contributed by atoms with Gasteiger partial charge in [-0.1, -0.05) is 36.4 Å². The number of aromatic nitrogens is 2. The predicted octanol–water partition coefficient (Wildman–Crippen LogP) is 4.71. The van der Waals surface area contributed by atoms with Gasteiger partial charge in [-0.15, -0.1) is 0 Å². The van der Waals surface area contributed by atoms with Crippen LogP contribution >= 0.6 is 16.1 Å². The minimum atomic E-state index is 0.0725. The number of rotatable bonds is 4. The van der Waals surface area contributed by atoms with Crippen LogP contribution in [-0.2, 0) is 0 Å². The lowest BCUT2D eigenvalue weighted by molar-refractivity contribution is 0.0664. The van der Waals surface area contributed by atoms with Crippen molar-refractivity contribution in [2.75, 3.05) is 42.9 Å². The molecule has 1 fully saturated rings. The molecule has 172 valence electrons. The normalized spacial score (nSPS) is 14.4. The highest BCUT2D eigenvalue weighted by Crippen LogP contribution is 2.35. The molecule has 8 heteroatoms. The van der Waals surface area contributed by atoms with Crippen LogP contribution in [0.2, 0.25) is 0 Å². The van der Waals surface area contributed by atoms with E-state index in [2.05, 4.69) is 38.1 Å². The summed E-state index contributed by atoms with van der Waals surface area (Å²) in [7, 11) is 2.08. The quantitative estimate of drug-likeness (QED) is 0.395. The number of para-hydroxylation sites is 1. The van der Waals surface area contributed by atoms with Gasteiger partial charge in [0.1, 0.15) is 0 Å². The summed E-state index contributed by atoms with van der Waals surface area (Å²) in [5.41, 5.74) is 10.3. The monoisotopic (exact) mass is 516 g/mol. The fraction of sp³-hybridized carbons (Fsp3) is 0.192. The zero-order valence-electron chi connectivity index (χ0n) is 18.9. The minimum absolute atomic E-state index is 0.0725. The third-order valence-electron chi connectivity index (χ3n) is 6.10. The SMILES string of the molecule is CN1CCN(C(=O)c2cccc(-c3ccc4nc(N)nc(N(Br)c5ccccc5)c4c3)c2)CC1. The van der Waals surface area contributed by atoms with Crippen molar-refractivity contribution in [3.05, 3.63) is 78.4 Å². The lowest BCUT2D eigenvalue weighted by Crippen LogP contribution is -2.47. The molecule has 7 nitrogen and oxygen atoms in total. The molecule has 4 aromatic rings. The highest BCUT2D eigenvalue weighted by Gasteiger charge is 2.21. The first-order chi connectivity index (χ1) is 16.5. The predicted molar refractivity (Wildman–Crippen MR) is 140 cm³/mol. The van der Waals surface area contributed by atoms with Crippen LogP contribution in [-0.4, -0.2) is 58.9 Å². The Labute approximate surface area is 207 Å². The summed E-state index contributed by atoms with van der Waals surface area (Å²) in [6.45, 7) is 3.29. The van der Waals surface area contributed by atoms with Gasteiger partial charge in [0.05, 0.1) is 27.4 Å². The Hall–Kier alpha value is -3.49. The van der Waals surface area contributed by atoms with E-state index >= 15 is 0 Å². The Morgan fingerprint density at radius 3 is 2.41 bits per heavy atom. The smallest absolute Gasteiger partial charge is 0.253 e. The zero-order chi connectivity index (χ0) is 23.7. The van der Waals surface area contributed by atoms with E-state index in [0.29, 0.717) is 11.4 Å². The molecule has 1 amide bonds. The number of hydrogen-bond acceptors (Lipinski definition) is 6. The average Bonchev–Trinajstić information content (AvgIpc) is 2.88. The summed E-state index contributed by atoms with van der Waals surface area (Å²) in [6.07, 6.45) is 0. The molecule has 0 aliphatic carbocycles. The molecule has 1 saturated heterocycles. The lowest BCUT2D eigenvalue weighted by Gasteiger charge is -2.32. The van der Waals surface area contributed by atoms with Crippen molar-refractivity contribution in [2.24, 2.45) is 0 Å². The number of benzene rings is 3. The molecular weight excluding hydrogens is 492 g/mol. The number of carbonyl (C=O) groups excluding carboxylic acids is 1. The molecule has 34 heavy (non-hydrogen) atoms. The van der Waals surface area contributed by atoms with Gasteiger partial charge in [0.25, 0.3) is 5.91 Å². The Balaban J connectivity index is 1.52. The van der Waals surface area contributed by atoms with E-state index in [1.165, 1.54) is 0 Å². The topological polar surface area (TPSA) is 78.6 Å². The fourth-order valence-electron chi connectivity index (χ4n) is 4.16. The van der Waals surface area contributed by atoms with Crippen molar-refractivity contribution in [1.82, 2.24) is 19.8 Å². The molecule has 0 unspecified atom stereocenters. The van der Waals surface area contributed by atoms with Gasteiger partial charge in [-0.05, 0) is 54.6 Å². The molecule has 5 rings (SSSR count). The third-order valence-corrected chi connectivity index (χ3v) is 6.84. The minimum Gasteiger partial charge on any atom is -0.368 e. The summed E-state index contributed by atoms with van der Waals surface area (Å²) in [4.78, 5) is 26.2. The molecule has 2 N–H and O–H groups in total. The number of anilines is 3. The number of carbonyl (C=O) groups is 1. The van der Waals surface area contributed by atoms with Crippen LogP contribution in [0.15, 0.2) is 72.8 Å². The van der Waals surface area contributed by atoms with Crippen LogP contribution in [0.25, 0.3) is 22.0 Å². The molecule has 0 bridgehead atoms. The number of halogens is 1. The maximum atomic E-state index is 13.1. The van der Waals surface area contributed by atoms with Crippen molar-refractivity contribution in [3.63, 3.8) is 0 Å². The van der Waals surface area contributed by atoms with Crippen molar-refractivity contribution in [2.45, 2.75) is 0 Å². The van der Waals surface area contributed by atoms with Gasteiger partial charge in [0.2, 0.25) is 5.95 Å². The molecule has 0 atom stereocenters. The van der Waals surface area contributed by atoms with E-state index in [1.54, 1.807) is 0 Å². The van der Waals surface area contributed by atoms with Gasteiger partial charge < -0.3 is 15.5 Å². The van der Waals surface area contributed by atoms with Crippen molar-refractivity contribution >= 4 is 50.4 Å². The van der Waals surface area contributed by atoms with Crippen LogP contribution in [0.3, 0.4) is 0 Å². The molecule has 1 aliphatic heterocycles. The number of nitrogen functional groups attached to an aromatic ring is 1. The van der Waals surface area contributed by atoms with Crippen molar-refractivity contribution in [3.8, 4) is 11.1 Å². The van der Waals surface area contributed by atoms with E-state index in [1.807, 2.05) is 81.6 Å². The van der Waals surface area contributed by atoms with E-state index in [4.69, 9.17) is 5.73 Å². The Kier molecular flexibility index (Phi) is 6.17. The zero-order valence-corrected chi connectivity index (χ0v) is 20.4. The van der Waals surface area contributed by atoms with Crippen molar-refractivity contribution in [1.29, 1.82) is 0 Å². The lowest BCUT2D eigenvalue weighted by atomic mass is 10.0. The Bertz CT molecular complexity index is 1340. The molecule has 0 radical (unpaired) electrons. The van der Waals surface area contributed by atoms with Gasteiger partial charge >= 0.3 is 0 Å². The Morgan fingerprint density at radius 2 is 1.65 bits per heavy atom. The van der Waals surface area contributed by atoms with Gasteiger partial charge in [0, 0.05) is 37.1 Å². The number of likely N-dealkylation sites (N-methyl/N-ethyl adjacent to an activating group) is 1. The summed E-state index contributed by atoms with van der Waals surface area (Å²) in [5.74, 6) is 0.930. The summed E-state index contributed by atoms with van der Waals surface area (Å²) in [5, 5.41) is 0.850. The highest BCUT2D eigenvalue weighted by atomic mass is 79.9. The summed E-state index contributed by atoms with van der Waals surface area (Å²) in [6, 6.07) is 23.6. The molecule has 3 aromatic carbocycles. The standard InChI is InChI=1S/C26H25BrN6O/c1-31-12-14-32(15-13-31)25(34)20-7-5-6-18(16-20)19-10-11-23-22(17-19)24(30-26(28)29-23)33(27)21-8-3-2-4-9-21/h2-11,16-17H,12-15H2,1H3,(H2,28,29,30). The first kappa shape index (κ1) is 22.3. The van der Waals surface area contributed by atoms with Gasteiger partial charge in [0.15, 0.2) is 5.82 Å². The maximum absolute atomic E-state index is 13.1. The first-order valence-corrected chi connectivity index (χ1v) is 11.9. The number of fused-ring (bicyclic) bond motifs is 1. The van der Waals surface area contributed by atoms with Crippen LogP contribution in [0.1, 0.15) is 10.4 Å². The van der Waals surface area contributed by atoms with E-state index in [9.17, 15) is 4.79 Å². The highest BCUT2D eigenvalue weighted by molar-refractivity contribution is 9.10. The van der Waals surface area contributed by atoms with E-state index in [-0.39, 0.29) is 11.9 Å². The average molecular weight is 517 g/mol. The second-order valence-corrected chi connectivity index (χ2v) is 9.14. The van der Waals surface area contributed by atoms with Gasteiger partial charge in [-0.2, -0.15) is 4.98 Å². The number of amides is 1. The molecule has 1 aromatic heterocycles. The Morgan fingerprint density at radius 1 is 0.912 bits per heavy atom. The van der Waals surface area contributed by atoms with Gasteiger partial charge in [-0.25, -0.2) is 4.98 Å². The largest absolute Gasteiger partial charge is 0.368 e. The van der Waals surface area contributed by atoms with Crippen LogP contribution < -0.4 is 9.66 Å². The number of hydrogen-bond donors (Lipinski definition) is 1. The van der Waals surface area contributed by atoms with Crippen LogP contribution in [0.4, 0.5) is 17.5 Å². The first-order valence-electron chi connectivity index (χ1n) is 11.2. The van der Waals surface area contributed by atoms with Gasteiger partial charge in [-0.3, -0.25) is 8.72 Å². The summed E-state index contributed by atoms with van der Waals surface area (Å²) >= 11 is 3.64. The fourth-order valence-corrected chi connectivity index (χ4v) is 4.67. The number of nitrogens with zero attached hydrogens (tertiary/aromatic N) is 5. The molecule has 0 spiro atoms.